The summed E-state index contributed by atoms with van der Waals surface area (Å²) < 4.78 is 34.0. The molecule has 0 aliphatic heterocycles. The van der Waals surface area contributed by atoms with Gasteiger partial charge in [0, 0.05) is 0 Å². The summed E-state index contributed by atoms with van der Waals surface area (Å²) in [7, 11) is 0. The molecule has 0 fully saturated rings. The number of rotatable bonds is 3. The first-order valence-electron chi connectivity index (χ1n) is 3.58. The van der Waals surface area contributed by atoms with Crippen LogP contribution < -0.4 is 10.5 Å². The van der Waals surface area contributed by atoms with Crippen LogP contribution in [0.4, 0.5) is 10.1 Å². The van der Waals surface area contributed by atoms with E-state index in [2.05, 4.69) is 0 Å². The van der Waals surface area contributed by atoms with E-state index in [0.717, 1.165) is 12.1 Å². The van der Waals surface area contributed by atoms with E-state index >= 15 is 0 Å². The minimum Gasteiger partial charge on any atom is -0.366 e. The van der Waals surface area contributed by atoms with Gasteiger partial charge in [-0.1, -0.05) is 11.6 Å². The third-order valence-electron chi connectivity index (χ3n) is 1.52. The van der Waals surface area contributed by atoms with Crippen LogP contribution in [-0.2, 0) is 11.3 Å². The van der Waals surface area contributed by atoms with Crippen LogP contribution in [0.2, 0.25) is 5.02 Å². The van der Waals surface area contributed by atoms with Gasteiger partial charge < -0.3 is 5.73 Å². The zero-order chi connectivity index (χ0) is 11.6. The predicted molar refractivity (Wildman–Crippen MR) is 54.3 cm³/mol. The molecule has 5 nitrogen and oxygen atoms in total. The summed E-state index contributed by atoms with van der Waals surface area (Å²) in [5.41, 5.74) is 4.42. The van der Waals surface area contributed by atoms with E-state index in [-0.39, 0.29) is 10.7 Å². The monoisotopic (exact) mass is 252 g/mol. The van der Waals surface area contributed by atoms with Gasteiger partial charge in [-0.3, -0.25) is 14.1 Å². The maximum Gasteiger partial charge on any atom is 0.259 e. The van der Waals surface area contributed by atoms with Crippen molar-refractivity contribution in [2.75, 3.05) is 4.72 Å². The minimum absolute atomic E-state index is 0.0484. The number of carbonyl (C=O) groups is 1. The third kappa shape index (κ3) is 2.88. The largest absolute Gasteiger partial charge is 0.366 e. The lowest BCUT2D eigenvalue weighted by atomic mass is 10.2. The summed E-state index contributed by atoms with van der Waals surface area (Å²) in [5, 5.41) is -0.125. The highest BCUT2D eigenvalue weighted by Gasteiger charge is 2.13. The van der Waals surface area contributed by atoms with Gasteiger partial charge in [-0.2, -0.15) is 0 Å². The molecule has 0 heterocycles. The molecule has 0 aliphatic rings. The number of hydrogen-bond acceptors (Lipinski definition) is 2. The van der Waals surface area contributed by atoms with Crippen LogP contribution in [0.1, 0.15) is 10.4 Å². The number of amides is 1. The van der Waals surface area contributed by atoms with Crippen molar-refractivity contribution in [1.29, 1.82) is 0 Å². The molecule has 1 aromatic rings. The van der Waals surface area contributed by atoms with Crippen molar-refractivity contribution < 1.29 is 17.9 Å². The highest BCUT2D eigenvalue weighted by Crippen LogP contribution is 2.25. The van der Waals surface area contributed by atoms with E-state index < -0.39 is 28.6 Å². The molecule has 0 spiro atoms. The minimum atomic E-state index is -2.36. The SMILES string of the molecule is NC(=O)c1cc(NS(=O)O)c(Cl)cc1F. The third-order valence-corrected chi connectivity index (χ3v) is 2.23. The molecule has 8 heteroatoms. The highest BCUT2D eigenvalue weighted by molar-refractivity contribution is 7.80. The van der Waals surface area contributed by atoms with Crippen molar-refractivity contribution in [3.05, 3.63) is 28.5 Å². The average Bonchev–Trinajstić information content (AvgIpc) is 2.08. The van der Waals surface area contributed by atoms with Crippen molar-refractivity contribution in [3.8, 4) is 0 Å². The quantitative estimate of drug-likeness (QED) is 0.704. The number of anilines is 1. The number of hydrogen-bond donors (Lipinski definition) is 3. The van der Waals surface area contributed by atoms with Crippen LogP contribution in [0, 0.1) is 5.82 Å². The van der Waals surface area contributed by atoms with Gasteiger partial charge in [0.2, 0.25) is 0 Å². The van der Waals surface area contributed by atoms with Gasteiger partial charge in [-0.05, 0) is 12.1 Å². The van der Waals surface area contributed by atoms with Crippen LogP contribution >= 0.6 is 11.6 Å². The Balaban J connectivity index is 3.23. The zero-order valence-corrected chi connectivity index (χ0v) is 8.73. The molecule has 0 saturated carbocycles. The number of benzene rings is 1. The molecule has 0 bridgehead atoms. The zero-order valence-electron chi connectivity index (χ0n) is 7.16. The summed E-state index contributed by atoms with van der Waals surface area (Å²) in [6.45, 7) is 0. The Morgan fingerprint density at radius 1 is 1.60 bits per heavy atom. The highest BCUT2D eigenvalue weighted by atomic mass is 35.5. The van der Waals surface area contributed by atoms with Crippen LogP contribution in [-0.4, -0.2) is 14.7 Å². The van der Waals surface area contributed by atoms with Gasteiger partial charge in [-0.15, -0.1) is 0 Å². The van der Waals surface area contributed by atoms with Crippen molar-refractivity contribution >= 4 is 34.5 Å². The van der Waals surface area contributed by atoms with E-state index in [0.29, 0.717) is 0 Å². The topological polar surface area (TPSA) is 92.4 Å². The Bertz CT molecular complexity index is 440. The van der Waals surface area contributed by atoms with Crippen LogP contribution in [0.3, 0.4) is 0 Å². The number of carbonyl (C=O) groups excluding carboxylic acids is 1. The maximum absolute atomic E-state index is 13.1. The standard InChI is InChI=1S/C7H6ClFN2O3S/c8-4-2-5(9)3(7(10)12)1-6(4)11-15(13)14/h1-2,11H,(H2,10,12)(H,13,14). The Hall–Kier alpha value is -1.18. The molecule has 15 heavy (non-hydrogen) atoms. The van der Waals surface area contributed by atoms with E-state index in [9.17, 15) is 13.4 Å². The number of nitrogens with one attached hydrogen (secondary N) is 1. The average molecular weight is 253 g/mol. The molecule has 1 aromatic carbocycles. The second-order valence-electron chi connectivity index (χ2n) is 2.53. The van der Waals surface area contributed by atoms with Gasteiger partial charge in [-0.25, -0.2) is 8.60 Å². The molecule has 1 rings (SSSR count). The fourth-order valence-electron chi connectivity index (χ4n) is 0.910. The molecule has 0 aliphatic carbocycles. The maximum atomic E-state index is 13.1. The molecule has 82 valence electrons. The van der Waals surface area contributed by atoms with Gasteiger partial charge in [0.15, 0.2) is 0 Å². The fraction of sp³-hybridized carbons (Fsp3) is 0. The first kappa shape index (κ1) is 11.9. The number of nitrogens with two attached hydrogens (primary N) is 1. The summed E-state index contributed by atoms with van der Waals surface area (Å²) in [4.78, 5) is 10.7. The molecule has 4 N–H and O–H groups in total. The summed E-state index contributed by atoms with van der Waals surface area (Å²) in [6, 6.07) is 1.80. The predicted octanol–water partition coefficient (Wildman–Crippen LogP) is 1.13. The molecule has 0 aromatic heterocycles. The molecule has 1 unspecified atom stereocenters. The van der Waals surface area contributed by atoms with Gasteiger partial charge in [0.1, 0.15) is 5.82 Å². The van der Waals surface area contributed by atoms with Crippen LogP contribution in [0.25, 0.3) is 0 Å². The first-order chi connectivity index (χ1) is 6.91. The fourth-order valence-corrected chi connectivity index (χ4v) is 1.52. The molecular formula is C7H6ClFN2O3S. The summed E-state index contributed by atoms with van der Waals surface area (Å²) in [5.74, 6) is -1.88. The van der Waals surface area contributed by atoms with E-state index in [1.807, 2.05) is 4.72 Å². The van der Waals surface area contributed by atoms with Crippen LogP contribution in [0.5, 0.6) is 0 Å². The lowest BCUT2D eigenvalue weighted by Crippen LogP contribution is -2.14. The first-order valence-corrected chi connectivity index (χ1v) is 5.06. The molecule has 0 radical (unpaired) electrons. The normalized spacial score (nSPS) is 12.2. The molecule has 1 amide bonds. The van der Waals surface area contributed by atoms with E-state index in [1.165, 1.54) is 0 Å². The van der Waals surface area contributed by atoms with Crippen molar-refractivity contribution in [2.45, 2.75) is 0 Å². The second kappa shape index (κ2) is 4.56. The van der Waals surface area contributed by atoms with Crippen molar-refractivity contribution in [1.82, 2.24) is 0 Å². The summed E-state index contributed by atoms with van der Waals surface area (Å²) >= 11 is 3.19. The molecular weight excluding hydrogens is 247 g/mol. The molecule has 1 atom stereocenters. The number of primary amides is 1. The Morgan fingerprint density at radius 3 is 2.67 bits per heavy atom. The van der Waals surface area contributed by atoms with E-state index in [4.69, 9.17) is 21.9 Å². The number of halogens is 2. The van der Waals surface area contributed by atoms with Crippen molar-refractivity contribution in [2.24, 2.45) is 5.73 Å². The Labute approximate surface area is 91.8 Å². The Kier molecular flexibility index (Phi) is 3.61. The lowest BCUT2D eigenvalue weighted by molar-refractivity contribution is 0.0996. The van der Waals surface area contributed by atoms with Crippen molar-refractivity contribution in [3.63, 3.8) is 0 Å². The van der Waals surface area contributed by atoms with Crippen LogP contribution in [0.15, 0.2) is 12.1 Å². The second-order valence-corrected chi connectivity index (χ2v) is 3.64. The lowest BCUT2D eigenvalue weighted by Gasteiger charge is -2.06. The summed E-state index contributed by atoms with van der Waals surface area (Å²) in [6.07, 6.45) is 0. The molecule has 0 saturated heterocycles. The smallest absolute Gasteiger partial charge is 0.259 e. The van der Waals surface area contributed by atoms with Gasteiger partial charge in [0.25, 0.3) is 17.2 Å². The van der Waals surface area contributed by atoms with Gasteiger partial charge >= 0.3 is 0 Å². The Morgan fingerprint density at radius 2 is 2.20 bits per heavy atom. The van der Waals surface area contributed by atoms with E-state index in [1.54, 1.807) is 0 Å². The van der Waals surface area contributed by atoms with Gasteiger partial charge in [0.05, 0.1) is 16.3 Å².